The fourth-order valence-corrected chi connectivity index (χ4v) is 2.84. The van der Waals surface area contributed by atoms with E-state index in [0.29, 0.717) is 0 Å². The minimum atomic E-state index is 0.746. The highest BCUT2D eigenvalue weighted by Gasteiger charge is 2.06. The highest BCUT2D eigenvalue weighted by atomic mass is 79.9. The second-order valence-electron chi connectivity index (χ2n) is 4.79. The fraction of sp³-hybridized carbons (Fsp3) is 0.357. The van der Waals surface area contributed by atoms with Crippen LogP contribution in [0.5, 0.6) is 0 Å². The lowest BCUT2D eigenvalue weighted by molar-refractivity contribution is 0.381. The van der Waals surface area contributed by atoms with Crippen molar-refractivity contribution in [2.75, 3.05) is 20.6 Å². The molecule has 2 rings (SSSR count). The minimum Gasteiger partial charge on any atom is -0.333 e. The molecule has 0 fully saturated rings. The second kappa shape index (κ2) is 6.55. The summed E-state index contributed by atoms with van der Waals surface area (Å²) in [5.41, 5.74) is 1.16. The lowest BCUT2D eigenvalue weighted by atomic mass is 10.1. The highest BCUT2D eigenvalue weighted by molar-refractivity contribution is 9.10. The van der Waals surface area contributed by atoms with Gasteiger partial charge < -0.3 is 9.47 Å². The van der Waals surface area contributed by atoms with Gasteiger partial charge in [-0.3, -0.25) is 0 Å². The second-order valence-corrected chi connectivity index (χ2v) is 6.15. The number of benzene rings is 1. The summed E-state index contributed by atoms with van der Waals surface area (Å²) >= 11 is 9.54. The molecule has 0 aliphatic heterocycles. The molecule has 0 atom stereocenters. The first-order chi connectivity index (χ1) is 9.04. The van der Waals surface area contributed by atoms with Crippen molar-refractivity contribution in [1.82, 2.24) is 14.5 Å². The molecular formula is C14H17BrClN3. The average Bonchev–Trinajstić information content (AvgIpc) is 2.72. The predicted molar refractivity (Wildman–Crippen MR) is 82.7 cm³/mol. The van der Waals surface area contributed by atoms with E-state index in [-0.39, 0.29) is 0 Å². The van der Waals surface area contributed by atoms with Crippen LogP contribution in [0, 0.1) is 0 Å². The molecule has 0 amide bonds. The average molecular weight is 343 g/mol. The molecule has 1 aromatic heterocycles. The van der Waals surface area contributed by atoms with Crippen LogP contribution in [-0.2, 0) is 13.0 Å². The van der Waals surface area contributed by atoms with Crippen molar-refractivity contribution in [2.24, 2.45) is 0 Å². The number of nitrogens with zero attached hydrogens (tertiary/aromatic N) is 3. The maximum absolute atomic E-state index is 6.07. The molecule has 0 aliphatic rings. The van der Waals surface area contributed by atoms with E-state index in [0.717, 1.165) is 40.4 Å². The maximum atomic E-state index is 6.07. The van der Waals surface area contributed by atoms with E-state index in [2.05, 4.69) is 50.5 Å². The molecule has 0 spiro atoms. The van der Waals surface area contributed by atoms with Gasteiger partial charge in [-0.25, -0.2) is 4.98 Å². The van der Waals surface area contributed by atoms with Crippen molar-refractivity contribution < 1.29 is 0 Å². The van der Waals surface area contributed by atoms with E-state index < -0.39 is 0 Å². The maximum Gasteiger partial charge on any atom is 0.113 e. The summed E-state index contributed by atoms with van der Waals surface area (Å²) in [5, 5.41) is 0.746. The first-order valence-corrected chi connectivity index (χ1v) is 7.31. The molecule has 0 saturated carbocycles. The van der Waals surface area contributed by atoms with Gasteiger partial charge in [0.15, 0.2) is 0 Å². The Kier molecular flexibility index (Phi) is 5.02. The third-order valence-electron chi connectivity index (χ3n) is 2.87. The number of rotatable bonds is 5. The molecule has 5 heteroatoms. The van der Waals surface area contributed by atoms with Crippen LogP contribution >= 0.6 is 27.5 Å². The first kappa shape index (κ1) is 14.6. The summed E-state index contributed by atoms with van der Waals surface area (Å²) in [7, 11) is 4.15. The lowest BCUT2D eigenvalue weighted by Crippen LogP contribution is -2.19. The standard InChI is InChI=1S/C14H17BrClN3/c1-18(2)5-6-19-4-3-17-14(19)9-11-7-12(15)10-13(16)8-11/h3-4,7-8,10H,5-6,9H2,1-2H3. The molecule has 0 N–H and O–H groups in total. The Morgan fingerprint density at radius 1 is 1.32 bits per heavy atom. The summed E-state index contributed by atoms with van der Waals surface area (Å²) in [6, 6.07) is 5.96. The van der Waals surface area contributed by atoms with Crippen molar-refractivity contribution >= 4 is 27.5 Å². The summed E-state index contributed by atoms with van der Waals surface area (Å²) in [6.45, 7) is 1.95. The SMILES string of the molecule is CN(C)CCn1ccnc1Cc1cc(Cl)cc(Br)c1. The van der Waals surface area contributed by atoms with E-state index in [1.165, 1.54) is 0 Å². The van der Waals surface area contributed by atoms with Gasteiger partial charge in [-0.1, -0.05) is 27.5 Å². The van der Waals surface area contributed by atoms with Crippen LogP contribution in [0.1, 0.15) is 11.4 Å². The Morgan fingerprint density at radius 3 is 2.79 bits per heavy atom. The third-order valence-corrected chi connectivity index (χ3v) is 3.55. The van der Waals surface area contributed by atoms with E-state index in [1.807, 2.05) is 24.5 Å². The molecule has 1 heterocycles. The zero-order valence-corrected chi connectivity index (χ0v) is 13.4. The number of likely N-dealkylation sites (N-methyl/N-ethyl adjacent to an activating group) is 1. The molecule has 2 aromatic rings. The lowest BCUT2D eigenvalue weighted by Gasteiger charge is -2.12. The van der Waals surface area contributed by atoms with Gasteiger partial charge in [0, 0.05) is 41.4 Å². The van der Waals surface area contributed by atoms with Gasteiger partial charge in [0.1, 0.15) is 5.82 Å². The molecule has 0 radical (unpaired) electrons. The van der Waals surface area contributed by atoms with E-state index in [9.17, 15) is 0 Å². The molecule has 0 unspecified atom stereocenters. The first-order valence-electron chi connectivity index (χ1n) is 6.14. The van der Waals surface area contributed by atoms with Crippen LogP contribution in [0.2, 0.25) is 5.02 Å². The highest BCUT2D eigenvalue weighted by Crippen LogP contribution is 2.21. The van der Waals surface area contributed by atoms with Gasteiger partial charge in [0.25, 0.3) is 0 Å². The number of imidazole rings is 1. The van der Waals surface area contributed by atoms with Crippen LogP contribution in [0.4, 0.5) is 0 Å². The smallest absolute Gasteiger partial charge is 0.113 e. The van der Waals surface area contributed by atoms with Crippen molar-refractivity contribution in [1.29, 1.82) is 0 Å². The fourth-order valence-electron chi connectivity index (χ4n) is 1.91. The normalized spacial score (nSPS) is 11.2. The van der Waals surface area contributed by atoms with Crippen LogP contribution in [-0.4, -0.2) is 35.1 Å². The van der Waals surface area contributed by atoms with Crippen molar-refractivity contribution in [3.05, 3.63) is 51.5 Å². The van der Waals surface area contributed by atoms with Crippen molar-refractivity contribution in [2.45, 2.75) is 13.0 Å². The molecule has 0 aliphatic carbocycles. The summed E-state index contributed by atoms with van der Waals surface area (Å²) < 4.78 is 3.19. The number of aromatic nitrogens is 2. The molecule has 1 aromatic carbocycles. The van der Waals surface area contributed by atoms with Crippen LogP contribution in [0.25, 0.3) is 0 Å². The molecule has 0 bridgehead atoms. The van der Waals surface area contributed by atoms with Crippen LogP contribution < -0.4 is 0 Å². The summed E-state index contributed by atoms with van der Waals surface area (Å²) in [5.74, 6) is 1.07. The van der Waals surface area contributed by atoms with E-state index in [1.54, 1.807) is 0 Å². The number of hydrogen-bond donors (Lipinski definition) is 0. The predicted octanol–water partition coefficient (Wildman–Crippen LogP) is 3.45. The zero-order valence-electron chi connectivity index (χ0n) is 11.1. The van der Waals surface area contributed by atoms with Gasteiger partial charge in [0.05, 0.1) is 0 Å². The van der Waals surface area contributed by atoms with Crippen LogP contribution in [0.15, 0.2) is 35.1 Å². The minimum absolute atomic E-state index is 0.746. The van der Waals surface area contributed by atoms with Gasteiger partial charge in [0.2, 0.25) is 0 Å². The van der Waals surface area contributed by atoms with Gasteiger partial charge in [-0.2, -0.15) is 0 Å². The third kappa shape index (κ3) is 4.34. The summed E-state index contributed by atoms with van der Waals surface area (Å²) in [6.07, 6.45) is 4.67. The van der Waals surface area contributed by atoms with Crippen molar-refractivity contribution in [3.63, 3.8) is 0 Å². The quantitative estimate of drug-likeness (QED) is 0.830. The molecule has 0 saturated heterocycles. The Hall–Kier alpha value is -0.840. The Labute approximate surface area is 127 Å². The van der Waals surface area contributed by atoms with Gasteiger partial charge >= 0.3 is 0 Å². The van der Waals surface area contributed by atoms with Gasteiger partial charge in [-0.05, 0) is 37.9 Å². The molecule has 102 valence electrons. The zero-order chi connectivity index (χ0) is 13.8. The van der Waals surface area contributed by atoms with Gasteiger partial charge in [-0.15, -0.1) is 0 Å². The van der Waals surface area contributed by atoms with E-state index in [4.69, 9.17) is 11.6 Å². The van der Waals surface area contributed by atoms with Crippen molar-refractivity contribution in [3.8, 4) is 0 Å². The number of hydrogen-bond acceptors (Lipinski definition) is 2. The largest absolute Gasteiger partial charge is 0.333 e. The Bertz CT molecular complexity index is 531. The van der Waals surface area contributed by atoms with E-state index >= 15 is 0 Å². The molecule has 19 heavy (non-hydrogen) atoms. The molecule has 3 nitrogen and oxygen atoms in total. The molecular weight excluding hydrogens is 326 g/mol. The Morgan fingerprint density at radius 2 is 2.11 bits per heavy atom. The van der Waals surface area contributed by atoms with Crippen LogP contribution in [0.3, 0.4) is 0 Å². The Balaban J connectivity index is 2.12. The number of halogens is 2. The monoisotopic (exact) mass is 341 g/mol. The summed E-state index contributed by atoms with van der Waals surface area (Å²) in [4.78, 5) is 6.60. The topological polar surface area (TPSA) is 21.1 Å².